The molecule has 2 rings (SSSR count). The van der Waals surface area contributed by atoms with Crippen LogP contribution >= 0.6 is 11.3 Å². The molecule has 12 heteroatoms. The lowest BCUT2D eigenvalue weighted by atomic mass is 10.4. The Kier molecular flexibility index (Phi) is 5.30. The normalized spacial score (nSPS) is 12.3. The van der Waals surface area contributed by atoms with Gasteiger partial charge in [-0.2, -0.15) is 18.3 Å². The molecule has 0 aliphatic heterocycles. The summed E-state index contributed by atoms with van der Waals surface area (Å²) in [6.07, 6.45) is -3.46. The van der Waals surface area contributed by atoms with Gasteiger partial charge >= 0.3 is 12.1 Å². The van der Waals surface area contributed by atoms with E-state index in [1.807, 2.05) is 0 Å². The van der Waals surface area contributed by atoms with Crippen LogP contribution in [0.5, 0.6) is 0 Å². The molecule has 0 spiro atoms. The van der Waals surface area contributed by atoms with Crippen molar-refractivity contribution in [3.05, 3.63) is 34.3 Å². The van der Waals surface area contributed by atoms with Crippen LogP contribution in [0.3, 0.4) is 0 Å². The van der Waals surface area contributed by atoms with Crippen molar-refractivity contribution < 1.29 is 31.1 Å². The first-order valence-corrected chi connectivity index (χ1v) is 8.77. The minimum Gasteiger partial charge on any atom is -0.465 e. The Hall–Kier alpha value is -1.92. The van der Waals surface area contributed by atoms with Crippen molar-refractivity contribution in [3.8, 4) is 0 Å². The number of carbonyl (C=O) groups excluding carboxylic acids is 1. The number of rotatable bonds is 6. The molecule has 0 saturated heterocycles. The van der Waals surface area contributed by atoms with E-state index in [1.54, 1.807) is 0 Å². The fraction of sp³-hybridized carbons (Fsp3) is 0.333. The minimum absolute atomic E-state index is 0.0801. The van der Waals surface area contributed by atoms with Crippen molar-refractivity contribution in [3.63, 3.8) is 0 Å². The molecule has 0 unspecified atom stereocenters. The number of carbonyl (C=O) groups is 1. The SMILES string of the molecule is COC(=O)c1sccc1S(=O)(=O)NCCn1ccc(C(F)(F)F)n1. The number of hydrogen-bond acceptors (Lipinski definition) is 6. The van der Waals surface area contributed by atoms with Gasteiger partial charge in [0.2, 0.25) is 10.0 Å². The standard InChI is InChI=1S/C12H12F3N3O4S2/c1-22-11(19)10-8(3-7-23-10)24(20,21)16-4-6-18-5-2-9(17-18)12(13,14)15/h2-3,5,7,16H,4,6H2,1H3. The Balaban J connectivity index is 2.02. The summed E-state index contributed by atoms with van der Waals surface area (Å²) < 4.78 is 69.3. The highest BCUT2D eigenvalue weighted by Crippen LogP contribution is 2.27. The summed E-state index contributed by atoms with van der Waals surface area (Å²) in [5.41, 5.74) is -1.06. The summed E-state index contributed by atoms with van der Waals surface area (Å²) in [6, 6.07) is 2.04. The van der Waals surface area contributed by atoms with Crippen LogP contribution in [-0.2, 0) is 27.5 Å². The molecule has 24 heavy (non-hydrogen) atoms. The van der Waals surface area contributed by atoms with E-state index in [1.165, 1.54) is 11.4 Å². The topological polar surface area (TPSA) is 90.3 Å². The van der Waals surface area contributed by atoms with Crippen molar-refractivity contribution >= 4 is 27.3 Å². The molecule has 7 nitrogen and oxygen atoms in total. The molecule has 0 aliphatic carbocycles. The van der Waals surface area contributed by atoms with Gasteiger partial charge in [0.05, 0.1) is 13.7 Å². The molecule has 0 fully saturated rings. The van der Waals surface area contributed by atoms with Crippen LogP contribution in [0.15, 0.2) is 28.6 Å². The van der Waals surface area contributed by atoms with Crippen LogP contribution in [0.25, 0.3) is 0 Å². The van der Waals surface area contributed by atoms with Crippen LogP contribution in [0.1, 0.15) is 15.4 Å². The van der Waals surface area contributed by atoms with Gasteiger partial charge in [0, 0.05) is 12.7 Å². The minimum atomic E-state index is -4.56. The Morgan fingerprint density at radius 3 is 2.71 bits per heavy atom. The molecule has 0 radical (unpaired) electrons. The van der Waals surface area contributed by atoms with Gasteiger partial charge < -0.3 is 4.74 Å². The number of sulfonamides is 1. The summed E-state index contributed by atoms with van der Waals surface area (Å²) in [7, 11) is -2.87. The number of halogens is 3. The van der Waals surface area contributed by atoms with Gasteiger partial charge in [-0.15, -0.1) is 11.3 Å². The van der Waals surface area contributed by atoms with Crippen molar-refractivity contribution in [1.82, 2.24) is 14.5 Å². The van der Waals surface area contributed by atoms with Crippen molar-refractivity contribution in [1.29, 1.82) is 0 Å². The summed E-state index contributed by atoms with van der Waals surface area (Å²) in [6.45, 7) is -0.301. The molecule has 2 aromatic heterocycles. The first-order chi connectivity index (χ1) is 11.1. The number of hydrogen-bond donors (Lipinski definition) is 1. The number of nitrogens with one attached hydrogen (secondary N) is 1. The van der Waals surface area contributed by atoms with E-state index in [4.69, 9.17) is 0 Å². The van der Waals surface area contributed by atoms with Gasteiger partial charge in [-0.1, -0.05) is 0 Å². The van der Waals surface area contributed by atoms with E-state index in [-0.39, 0.29) is 22.9 Å². The Labute approximate surface area is 139 Å². The highest BCUT2D eigenvalue weighted by Gasteiger charge is 2.33. The van der Waals surface area contributed by atoms with E-state index in [2.05, 4.69) is 14.6 Å². The number of nitrogens with zero attached hydrogens (tertiary/aromatic N) is 2. The third-order valence-electron chi connectivity index (χ3n) is 2.85. The highest BCUT2D eigenvalue weighted by atomic mass is 32.2. The average Bonchev–Trinajstić information content (AvgIpc) is 3.14. The van der Waals surface area contributed by atoms with Crippen molar-refractivity contribution in [2.45, 2.75) is 17.6 Å². The fourth-order valence-corrected chi connectivity index (χ4v) is 4.11. The Morgan fingerprint density at radius 1 is 1.42 bits per heavy atom. The number of thiophene rings is 1. The maximum Gasteiger partial charge on any atom is 0.435 e. The lowest BCUT2D eigenvalue weighted by Crippen LogP contribution is -2.28. The summed E-state index contributed by atoms with van der Waals surface area (Å²) in [5, 5.41) is 4.73. The molecule has 132 valence electrons. The smallest absolute Gasteiger partial charge is 0.435 e. The third kappa shape index (κ3) is 4.13. The molecule has 0 aliphatic rings. The Morgan fingerprint density at radius 2 is 2.12 bits per heavy atom. The molecular formula is C12H12F3N3O4S2. The molecule has 0 bridgehead atoms. The summed E-state index contributed by atoms with van der Waals surface area (Å²) in [5.74, 6) is -0.785. The number of methoxy groups -OCH3 is 1. The first kappa shape index (κ1) is 18.4. The largest absolute Gasteiger partial charge is 0.465 e. The molecule has 1 N–H and O–H groups in total. The molecule has 0 aromatic carbocycles. The Bertz CT molecular complexity index is 827. The number of esters is 1. The first-order valence-electron chi connectivity index (χ1n) is 6.41. The van der Waals surface area contributed by atoms with E-state index in [9.17, 15) is 26.4 Å². The fourth-order valence-electron chi connectivity index (χ4n) is 1.76. The highest BCUT2D eigenvalue weighted by molar-refractivity contribution is 7.89. The molecule has 2 heterocycles. The van der Waals surface area contributed by atoms with Crippen LogP contribution < -0.4 is 4.72 Å². The number of ether oxygens (including phenoxy) is 1. The van der Waals surface area contributed by atoms with Crippen LogP contribution in [-0.4, -0.2) is 37.8 Å². The number of alkyl halides is 3. The number of aromatic nitrogens is 2. The monoisotopic (exact) mass is 383 g/mol. The van der Waals surface area contributed by atoms with E-state index in [0.717, 1.165) is 35.4 Å². The molecule has 2 aromatic rings. The van der Waals surface area contributed by atoms with Crippen LogP contribution in [0.4, 0.5) is 13.2 Å². The maximum atomic E-state index is 12.4. The van der Waals surface area contributed by atoms with Gasteiger partial charge in [-0.25, -0.2) is 17.9 Å². The second kappa shape index (κ2) is 6.91. The van der Waals surface area contributed by atoms with Gasteiger partial charge in [0.25, 0.3) is 0 Å². The molecule has 0 atom stereocenters. The second-order valence-corrected chi connectivity index (χ2v) is 7.12. The van der Waals surface area contributed by atoms with Crippen molar-refractivity contribution in [2.75, 3.05) is 13.7 Å². The summed E-state index contributed by atoms with van der Waals surface area (Å²) in [4.78, 5) is 11.2. The van der Waals surface area contributed by atoms with Gasteiger partial charge in [-0.05, 0) is 17.5 Å². The average molecular weight is 383 g/mol. The van der Waals surface area contributed by atoms with Gasteiger partial charge in [0.1, 0.15) is 9.77 Å². The summed E-state index contributed by atoms with van der Waals surface area (Å²) >= 11 is 0.909. The van der Waals surface area contributed by atoms with E-state index < -0.39 is 27.9 Å². The third-order valence-corrected chi connectivity index (χ3v) is 5.38. The van der Waals surface area contributed by atoms with Gasteiger partial charge in [0.15, 0.2) is 5.69 Å². The maximum absolute atomic E-state index is 12.4. The lowest BCUT2D eigenvalue weighted by Gasteiger charge is -2.07. The zero-order chi connectivity index (χ0) is 18.0. The molecular weight excluding hydrogens is 371 g/mol. The van der Waals surface area contributed by atoms with Gasteiger partial charge in [-0.3, -0.25) is 4.68 Å². The predicted octanol–water partition coefficient (Wildman–Crippen LogP) is 1.73. The zero-order valence-corrected chi connectivity index (χ0v) is 13.8. The molecule has 0 saturated carbocycles. The van der Waals surface area contributed by atoms with Crippen LogP contribution in [0, 0.1) is 0 Å². The van der Waals surface area contributed by atoms with E-state index >= 15 is 0 Å². The van der Waals surface area contributed by atoms with Crippen molar-refractivity contribution in [2.24, 2.45) is 0 Å². The predicted molar refractivity (Wildman–Crippen MR) is 78.1 cm³/mol. The van der Waals surface area contributed by atoms with E-state index in [0.29, 0.717) is 0 Å². The quantitative estimate of drug-likeness (QED) is 0.768. The lowest BCUT2D eigenvalue weighted by molar-refractivity contribution is -0.141. The van der Waals surface area contributed by atoms with Crippen LogP contribution in [0.2, 0.25) is 0 Å². The molecule has 0 amide bonds. The zero-order valence-electron chi connectivity index (χ0n) is 12.2. The second-order valence-electron chi connectivity index (χ2n) is 4.47.